The van der Waals surface area contributed by atoms with Crippen molar-refractivity contribution >= 4 is 96.5 Å². The Hall–Kier alpha value is -6.10. The van der Waals surface area contributed by atoms with Gasteiger partial charge < -0.3 is 0 Å². The van der Waals surface area contributed by atoms with Crippen LogP contribution in [0.25, 0.3) is 102 Å². The molecule has 0 aliphatic rings. The summed E-state index contributed by atoms with van der Waals surface area (Å²) in [6.45, 7) is 0. The molecule has 222 valence electrons. The van der Waals surface area contributed by atoms with Crippen molar-refractivity contribution in [2.24, 2.45) is 0 Å². The molecule has 4 heteroatoms. The van der Waals surface area contributed by atoms with Crippen LogP contribution in [0.5, 0.6) is 0 Å². The Balaban J connectivity index is 1.45. The van der Waals surface area contributed by atoms with Gasteiger partial charge in [-0.1, -0.05) is 133 Å². The van der Waals surface area contributed by atoms with Crippen LogP contribution in [0.15, 0.2) is 152 Å². The van der Waals surface area contributed by atoms with Crippen LogP contribution in [-0.2, 0) is 0 Å². The van der Waals surface area contributed by atoms with E-state index in [-0.39, 0.29) is 0 Å². The Morgan fingerprint density at radius 1 is 0.417 bits per heavy atom. The molecule has 0 aliphatic carbocycles. The molecule has 0 aliphatic heterocycles. The molecule has 0 spiro atoms. The minimum Gasteiger partial charge on any atom is -0.276 e. The van der Waals surface area contributed by atoms with E-state index in [4.69, 9.17) is 9.97 Å². The normalized spacial score (nSPS) is 12.2. The second-order valence-corrected chi connectivity index (χ2v) is 13.5. The molecule has 48 heavy (non-hydrogen) atoms. The smallest absolute Gasteiger partial charge is 0.235 e. The van der Waals surface area contributed by atoms with Crippen molar-refractivity contribution in [1.29, 1.82) is 0 Å². The molecule has 0 unspecified atom stereocenters. The number of aromatic nitrogens is 3. The maximum absolute atomic E-state index is 5.42. The summed E-state index contributed by atoms with van der Waals surface area (Å²) in [4.78, 5) is 10.7. The summed E-state index contributed by atoms with van der Waals surface area (Å²) in [5.41, 5.74) is 5.21. The summed E-state index contributed by atoms with van der Waals surface area (Å²) in [6.07, 6.45) is 0. The van der Waals surface area contributed by atoms with Gasteiger partial charge in [-0.05, 0) is 39.7 Å². The van der Waals surface area contributed by atoms with E-state index < -0.39 is 0 Å². The first-order valence-corrected chi connectivity index (χ1v) is 17.1. The molecular formula is C44H25N3S. The van der Waals surface area contributed by atoms with Gasteiger partial charge in [0, 0.05) is 48.0 Å². The molecule has 0 amide bonds. The molecule has 0 saturated carbocycles. The highest BCUT2D eigenvalue weighted by Crippen LogP contribution is 2.51. The molecule has 0 radical (unpaired) electrons. The van der Waals surface area contributed by atoms with Crippen molar-refractivity contribution in [3.63, 3.8) is 0 Å². The number of benzene rings is 8. The van der Waals surface area contributed by atoms with Gasteiger partial charge in [0.25, 0.3) is 0 Å². The van der Waals surface area contributed by atoms with Crippen molar-refractivity contribution in [2.45, 2.75) is 0 Å². The predicted molar refractivity (Wildman–Crippen MR) is 205 cm³/mol. The average molecular weight is 628 g/mol. The molecule has 0 fully saturated rings. The molecule has 8 aromatic carbocycles. The van der Waals surface area contributed by atoms with Crippen LogP contribution in [-0.4, -0.2) is 14.5 Å². The monoisotopic (exact) mass is 627 g/mol. The molecule has 3 aromatic heterocycles. The van der Waals surface area contributed by atoms with E-state index in [9.17, 15) is 0 Å². The lowest BCUT2D eigenvalue weighted by Crippen LogP contribution is -2.03. The molecule has 3 heterocycles. The number of para-hydroxylation sites is 2. The van der Waals surface area contributed by atoms with Crippen LogP contribution >= 0.6 is 11.3 Å². The van der Waals surface area contributed by atoms with Gasteiger partial charge >= 0.3 is 0 Å². The lowest BCUT2D eigenvalue weighted by atomic mass is 9.89. The van der Waals surface area contributed by atoms with E-state index >= 15 is 0 Å². The van der Waals surface area contributed by atoms with Crippen LogP contribution in [0.3, 0.4) is 0 Å². The third-order valence-electron chi connectivity index (χ3n) is 9.96. The third-order valence-corrected chi connectivity index (χ3v) is 11.1. The van der Waals surface area contributed by atoms with E-state index in [1.165, 1.54) is 63.3 Å². The highest BCUT2D eigenvalue weighted by molar-refractivity contribution is 7.27. The van der Waals surface area contributed by atoms with Crippen molar-refractivity contribution in [3.05, 3.63) is 152 Å². The summed E-state index contributed by atoms with van der Waals surface area (Å²) in [5.74, 6) is 0.682. The first-order chi connectivity index (χ1) is 23.8. The predicted octanol–water partition coefficient (Wildman–Crippen LogP) is 12.2. The first-order valence-electron chi connectivity index (χ1n) is 16.3. The molecular weight excluding hydrogens is 603 g/mol. The highest BCUT2D eigenvalue weighted by Gasteiger charge is 2.26. The number of hydrogen-bond acceptors (Lipinski definition) is 3. The number of thiophene rings is 1. The lowest BCUT2D eigenvalue weighted by Gasteiger charge is -2.15. The molecule has 0 bridgehead atoms. The molecule has 0 N–H and O–H groups in total. The minimum atomic E-state index is 0.682. The zero-order valence-electron chi connectivity index (χ0n) is 25.7. The van der Waals surface area contributed by atoms with Gasteiger partial charge in [0.05, 0.1) is 26.9 Å². The van der Waals surface area contributed by atoms with Crippen LogP contribution in [0.4, 0.5) is 0 Å². The van der Waals surface area contributed by atoms with Gasteiger partial charge in [0.1, 0.15) is 0 Å². The van der Waals surface area contributed by atoms with Gasteiger partial charge in [-0.3, -0.25) is 4.57 Å². The van der Waals surface area contributed by atoms with Crippen LogP contribution in [0.1, 0.15) is 0 Å². The molecule has 3 nitrogen and oxygen atoms in total. The van der Waals surface area contributed by atoms with E-state index in [0.717, 1.165) is 33.2 Å². The molecule has 0 atom stereocenters. The Bertz CT molecular complexity index is 3120. The molecule has 11 rings (SSSR count). The van der Waals surface area contributed by atoms with Gasteiger partial charge in [-0.2, -0.15) is 0 Å². The highest BCUT2D eigenvalue weighted by atomic mass is 32.1. The molecule has 0 saturated heterocycles. The van der Waals surface area contributed by atoms with Crippen molar-refractivity contribution in [1.82, 2.24) is 14.5 Å². The van der Waals surface area contributed by atoms with Gasteiger partial charge in [0.2, 0.25) is 5.95 Å². The van der Waals surface area contributed by atoms with Gasteiger partial charge in [0.15, 0.2) is 0 Å². The summed E-state index contributed by atoms with van der Waals surface area (Å²) in [7, 11) is 0. The van der Waals surface area contributed by atoms with E-state index in [1.54, 1.807) is 0 Å². The second kappa shape index (κ2) is 9.71. The number of nitrogens with zero attached hydrogens (tertiary/aromatic N) is 3. The van der Waals surface area contributed by atoms with E-state index in [2.05, 4.69) is 156 Å². The number of fused-ring (bicyclic) bond motifs is 16. The van der Waals surface area contributed by atoms with Crippen LogP contribution < -0.4 is 0 Å². The zero-order chi connectivity index (χ0) is 31.3. The maximum Gasteiger partial charge on any atom is 0.235 e. The Labute approximate surface area is 278 Å². The summed E-state index contributed by atoms with van der Waals surface area (Å²) < 4.78 is 4.87. The fourth-order valence-electron chi connectivity index (χ4n) is 8.02. The largest absolute Gasteiger partial charge is 0.276 e. The minimum absolute atomic E-state index is 0.682. The lowest BCUT2D eigenvalue weighted by molar-refractivity contribution is 1.02. The average Bonchev–Trinajstić information content (AvgIpc) is 3.71. The first kappa shape index (κ1) is 26.0. The van der Waals surface area contributed by atoms with Crippen LogP contribution in [0.2, 0.25) is 0 Å². The van der Waals surface area contributed by atoms with Crippen molar-refractivity contribution < 1.29 is 0 Å². The third kappa shape index (κ3) is 3.42. The topological polar surface area (TPSA) is 30.7 Å². The fraction of sp³-hybridized carbons (Fsp3) is 0. The fourth-order valence-corrected chi connectivity index (χ4v) is 9.27. The van der Waals surface area contributed by atoms with Gasteiger partial charge in [-0.15, -0.1) is 11.3 Å². The second-order valence-electron chi connectivity index (χ2n) is 12.5. The summed E-state index contributed by atoms with van der Waals surface area (Å²) in [5, 5.41) is 13.8. The quantitative estimate of drug-likeness (QED) is 0.179. The summed E-state index contributed by atoms with van der Waals surface area (Å²) in [6, 6.07) is 54.3. The summed E-state index contributed by atoms with van der Waals surface area (Å²) >= 11 is 1.87. The number of hydrogen-bond donors (Lipinski definition) is 0. The van der Waals surface area contributed by atoms with Crippen molar-refractivity contribution in [2.75, 3.05) is 0 Å². The SMILES string of the molecule is c1ccc(-c2nc(-n3c4ccccc4c4c5c6ccccc6c6ccccc6c5c5c6ccccc6sc5c43)nc3ccccc23)cc1. The Morgan fingerprint density at radius 2 is 0.979 bits per heavy atom. The Kier molecular flexibility index (Phi) is 5.26. The molecule has 11 aromatic rings. The van der Waals surface area contributed by atoms with Gasteiger partial charge in [-0.25, -0.2) is 9.97 Å². The standard InChI is InChI=1S/C44H25N3S/c1-2-14-26(15-3-1)41-31-20-8-11-23-34(31)45-44(46-41)47-35-24-12-9-21-32(35)39-37-29-18-6-4-16-27(29)28-17-5-7-19-30(28)38(37)40-33-22-10-13-25-36(33)48-43(40)42(39)47/h1-25H. The maximum atomic E-state index is 5.42. The van der Waals surface area contributed by atoms with E-state index in [0.29, 0.717) is 5.95 Å². The zero-order valence-corrected chi connectivity index (χ0v) is 26.5. The van der Waals surface area contributed by atoms with Crippen LogP contribution in [0, 0.1) is 0 Å². The number of rotatable bonds is 2. The van der Waals surface area contributed by atoms with E-state index in [1.807, 2.05) is 11.3 Å². The Morgan fingerprint density at radius 3 is 1.73 bits per heavy atom. The van der Waals surface area contributed by atoms with Crippen molar-refractivity contribution in [3.8, 4) is 17.2 Å².